The Morgan fingerprint density at radius 1 is 0.931 bits per heavy atom. The molecule has 0 spiro atoms. The van der Waals surface area contributed by atoms with Gasteiger partial charge in [0.15, 0.2) is 0 Å². The van der Waals surface area contributed by atoms with Crippen LogP contribution in [0.5, 0.6) is 5.75 Å². The molecule has 2 unspecified atom stereocenters. The molecule has 2 N–H and O–H groups in total. The fourth-order valence-corrected chi connectivity index (χ4v) is 4.41. The Bertz CT molecular complexity index is 1090. The van der Waals surface area contributed by atoms with Gasteiger partial charge >= 0.3 is 0 Å². The highest BCUT2D eigenvalue weighted by atomic mass is 79.9. The average molecular weight is 518 g/mol. The fraction of sp³-hybridized carbons (Fsp3) is 0.217. The molecule has 4 nitrogen and oxygen atoms in total. The minimum absolute atomic E-state index is 0.338. The van der Waals surface area contributed by atoms with E-state index in [1.54, 1.807) is 0 Å². The van der Waals surface area contributed by atoms with Crippen LogP contribution in [0.2, 0.25) is 0 Å². The van der Waals surface area contributed by atoms with Crippen molar-refractivity contribution >= 4 is 59.4 Å². The Kier molecular flexibility index (Phi) is 5.86. The van der Waals surface area contributed by atoms with E-state index in [-0.39, 0.29) is 6.17 Å². The maximum atomic E-state index is 10.7. The number of fused-ring (bicyclic) bond motifs is 3. The zero-order valence-corrected chi connectivity index (χ0v) is 19.4. The molecule has 0 saturated heterocycles. The summed E-state index contributed by atoms with van der Waals surface area (Å²) in [4.78, 5) is 0. The van der Waals surface area contributed by atoms with Crippen LogP contribution in [0.4, 0.5) is 5.69 Å². The highest BCUT2D eigenvalue weighted by Gasteiger charge is 2.22. The highest BCUT2D eigenvalue weighted by molar-refractivity contribution is 9.10. The van der Waals surface area contributed by atoms with Gasteiger partial charge in [-0.05, 0) is 74.5 Å². The minimum Gasteiger partial charge on any atom is -0.494 e. The van der Waals surface area contributed by atoms with Crippen LogP contribution in [0, 0.1) is 0 Å². The molecule has 0 aliphatic rings. The van der Waals surface area contributed by atoms with Crippen LogP contribution >= 0.6 is 31.9 Å². The molecule has 0 amide bonds. The summed E-state index contributed by atoms with van der Waals surface area (Å²) in [7, 11) is 0. The van der Waals surface area contributed by atoms with Crippen LogP contribution in [0.25, 0.3) is 21.8 Å². The number of halogens is 2. The van der Waals surface area contributed by atoms with Gasteiger partial charge in [0.05, 0.1) is 23.7 Å². The molecule has 0 aliphatic heterocycles. The quantitative estimate of drug-likeness (QED) is 0.299. The average Bonchev–Trinajstić information content (AvgIpc) is 3.00. The minimum atomic E-state index is -0.618. The van der Waals surface area contributed by atoms with Gasteiger partial charge in [0.1, 0.15) is 11.9 Å². The van der Waals surface area contributed by atoms with Gasteiger partial charge in [-0.1, -0.05) is 31.9 Å². The SMILES string of the molecule is CCOc1ccc(NC(C(C)O)n2c3ccc(Br)cc3c3cc(Br)ccc32)cc1. The molecule has 3 aromatic carbocycles. The van der Waals surface area contributed by atoms with Crippen LogP contribution in [0.3, 0.4) is 0 Å². The number of rotatable bonds is 6. The Morgan fingerprint density at radius 3 is 1.97 bits per heavy atom. The number of hydrogen-bond donors (Lipinski definition) is 2. The van der Waals surface area contributed by atoms with Crippen molar-refractivity contribution in [1.29, 1.82) is 0 Å². The number of anilines is 1. The first-order chi connectivity index (χ1) is 14.0. The molecule has 0 fully saturated rings. The van der Waals surface area contributed by atoms with Crippen molar-refractivity contribution in [1.82, 2.24) is 4.57 Å². The van der Waals surface area contributed by atoms with E-state index in [4.69, 9.17) is 4.74 Å². The van der Waals surface area contributed by atoms with Crippen LogP contribution in [-0.4, -0.2) is 22.4 Å². The lowest BCUT2D eigenvalue weighted by molar-refractivity contribution is 0.147. The Labute approximate surface area is 186 Å². The second-order valence-corrected chi connectivity index (χ2v) is 8.81. The van der Waals surface area contributed by atoms with Crippen molar-refractivity contribution in [3.63, 3.8) is 0 Å². The molecule has 1 aromatic heterocycles. The van der Waals surface area contributed by atoms with Crippen molar-refractivity contribution in [2.45, 2.75) is 26.1 Å². The number of ether oxygens (including phenoxy) is 1. The molecule has 0 radical (unpaired) electrons. The second kappa shape index (κ2) is 8.38. The van der Waals surface area contributed by atoms with Crippen molar-refractivity contribution in [3.05, 3.63) is 69.6 Å². The predicted octanol–water partition coefficient (Wildman–Crippen LogP) is 6.71. The lowest BCUT2D eigenvalue weighted by atomic mass is 10.2. The summed E-state index contributed by atoms with van der Waals surface area (Å²) in [5.41, 5.74) is 3.04. The Morgan fingerprint density at radius 2 is 1.48 bits per heavy atom. The molecule has 6 heteroatoms. The predicted molar refractivity (Wildman–Crippen MR) is 127 cm³/mol. The molecular formula is C23H22Br2N2O2. The van der Waals surface area contributed by atoms with Crippen molar-refractivity contribution in [2.75, 3.05) is 11.9 Å². The van der Waals surface area contributed by atoms with Crippen LogP contribution in [-0.2, 0) is 0 Å². The molecule has 0 aliphatic carbocycles. The van der Waals surface area contributed by atoms with Crippen LogP contribution in [0.15, 0.2) is 69.6 Å². The van der Waals surface area contributed by atoms with E-state index in [0.717, 1.165) is 42.2 Å². The number of hydrogen-bond acceptors (Lipinski definition) is 3. The molecule has 2 atom stereocenters. The van der Waals surface area contributed by atoms with E-state index in [2.05, 4.69) is 66.0 Å². The number of benzene rings is 3. The standard InChI is InChI=1S/C23H22Br2N2O2/c1-3-29-18-8-6-17(7-9-18)26-23(14(2)28)27-21-10-4-15(24)12-19(21)20-13-16(25)5-11-22(20)27/h4-14,23,26,28H,3H2,1-2H3. The fourth-order valence-electron chi connectivity index (χ4n) is 3.68. The monoisotopic (exact) mass is 516 g/mol. The summed E-state index contributed by atoms with van der Waals surface area (Å²) in [6.07, 6.45) is -0.956. The first-order valence-corrected chi connectivity index (χ1v) is 11.1. The lowest BCUT2D eigenvalue weighted by Crippen LogP contribution is -2.28. The van der Waals surface area contributed by atoms with Crippen molar-refractivity contribution in [3.8, 4) is 5.75 Å². The maximum Gasteiger partial charge on any atom is 0.130 e. The number of aromatic nitrogens is 1. The van der Waals surface area contributed by atoms with Gasteiger partial charge < -0.3 is 19.7 Å². The molecule has 4 aromatic rings. The molecule has 150 valence electrons. The molecule has 29 heavy (non-hydrogen) atoms. The Hall–Kier alpha value is -2.02. The summed E-state index contributed by atoms with van der Waals surface area (Å²) in [6.45, 7) is 4.41. The summed E-state index contributed by atoms with van der Waals surface area (Å²) >= 11 is 7.17. The normalized spacial score (nSPS) is 13.6. The number of nitrogens with zero attached hydrogens (tertiary/aromatic N) is 1. The van der Waals surface area contributed by atoms with E-state index in [9.17, 15) is 5.11 Å². The topological polar surface area (TPSA) is 46.4 Å². The summed E-state index contributed by atoms with van der Waals surface area (Å²) in [5, 5.41) is 16.5. The van der Waals surface area contributed by atoms with Crippen molar-refractivity contribution < 1.29 is 9.84 Å². The number of aliphatic hydroxyl groups excluding tert-OH is 1. The van der Waals surface area contributed by atoms with E-state index in [1.165, 1.54) is 0 Å². The molecular weight excluding hydrogens is 496 g/mol. The first-order valence-electron chi connectivity index (χ1n) is 9.54. The number of aliphatic hydroxyl groups is 1. The van der Waals surface area contributed by atoms with E-state index >= 15 is 0 Å². The zero-order chi connectivity index (χ0) is 20.5. The van der Waals surface area contributed by atoms with E-state index in [1.807, 2.05) is 50.2 Å². The van der Waals surface area contributed by atoms with Gasteiger partial charge in [0.2, 0.25) is 0 Å². The summed E-state index contributed by atoms with van der Waals surface area (Å²) in [5.74, 6) is 0.832. The van der Waals surface area contributed by atoms with Gasteiger partial charge in [-0.25, -0.2) is 0 Å². The highest BCUT2D eigenvalue weighted by Crippen LogP contribution is 2.36. The van der Waals surface area contributed by atoms with Gasteiger partial charge in [0, 0.05) is 25.4 Å². The van der Waals surface area contributed by atoms with Crippen LogP contribution in [0.1, 0.15) is 20.0 Å². The van der Waals surface area contributed by atoms with E-state index < -0.39 is 6.10 Å². The smallest absolute Gasteiger partial charge is 0.130 e. The molecule has 4 rings (SSSR count). The van der Waals surface area contributed by atoms with Crippen molar-refractivity contribution in [2.24, 2.45) is 0 Å². The van der Waals surface area contributed by atoms with Gasteiger partial charge in [-0.2, -0.15) is 0 Å². The lowest BCUT2D eigenvalue weighted by Gasteiger charge is -2.26. The van der Waals surface area contributed by atoms with E-state index in [0.29, 0.717) is 6.61 Å². The molecule has 0 bridgehead atoms. The van der Waals surface area contributed by atoms with Gasteiger partial charge in [0.25, 0.3) is 0 Å². The molecule has 0 saturated carbocycles. The van der Waals surface area contributed by atoms with Crippen LogP contribution < -0.4 is 10.1 Å². The summed E-state index contributed by atoms with van der Waals surface area (Å²) < 4.78 is 9.75. The third-order valence-electron chi connectivity index (χ3n) is 4.94. The maximum absolute atomic E-state index is 10.7. The van der Waals surface area contributed by atoms with Gasteiger partial charge in [-0.3, -0.25) is 0 Å². The Balaban J connectivity index is 1.84. The zero-order valence-electron chi connectivity index (χ0n) is 16.2. The second-order valence-electron chi connectivity index (χ2n) is 6.98. The molecule has 1 heterocycles. The largest absolute Gasteiger partial charge is 0.494 e. The van der Waals surface area contributed by atoms with Gasteiger partial charge in [-0.15, -0.1) is 0 Å². The third kappa shape index (κ3) is 4.02. The first kappa shape index (κ1) is 20.3. The third-order valence-corrected chi connectivity index (χ3v) is 5.93. The number of nitrogens with one attached hydrogen (secondary N) is 1. The summed E-state index contributed by atoms with van der Waals surface area (Å²) in [6, 6.07) is 20.3.